The lowest BCUT2D eigenvalue weighted by Crippen LogP contribution is -2.55. The fourth-order valence-corrected chi connectivity index (χ4v) is 2.01. The summed E-state index contributed by atoms with van der Waals surface area (Å²) in [6.07, 6.45) is 0. The van der Waals surface area contributed by atoms with Crippen LogP contribution in [-0.2, 0) is 4.79 Å². The van der Waals surface area contributed by atoms with Gasteiger partial charge in [0.15, 0.2) is 0 Å². The summed E-state index contributed by atoms with van der Waals surface area (Å²) in [5, 5.41) is 12.4. The third-order valence-electron chi connectivity index (χ3n) is 2.57. The first-order valence-corrected chi connectivity index (χ1v) is 5.10. The Morgan fingerprint density at radius 3 is 2.21 bits per heavy atom. The Kier molecular flexibility index (Phi) is 3.50. The van der Waals surface area contributed by atoms with Gasteiger partial charge in [-0.05, 0) is 5.41 Å². The van der Waals surface area contributed by atoms with Crippen molar-refractivity contribution in [3.63, 3.8) is 0 Å². The number of carboxylic acids is 1. The topological polar surface area (TPSA) is 52.6 Å². The molecule has 1 saturated heterocycles. The zero-order valence-corrected chi connectivity index (χ0v) is 9.21. The Hall–Kier alpha value is -0.610. The van der Waals surface area contributed by atoms with E-state index >= 15 is 0 Å². The van der Waals surface area contributed by atoms with Crippen molar-refractivity contribution in [2.24, 2.45) is 5.41 Å². The Bertz CT molecular complexity index is 205. The number of hydrogen-bond acceptors (Lipinski definition) is 3. The Balaban J connectivity index is 2.71. The minimum Gasteiger partial charge on any atom is -0.480 e. The second kappa shape index (κ2) is 4.28. The van der Waals surface area contributed by atoms with Crippen molar-refractivity contribution in [2.75, 3.05) is 26.2 Å². The smallest absolute Gasteiger partial charge is 0.321 e. The van der Waals surface area contributed by atoms with Crippen molar-refractivity contribution >= 4 is 5.97 Å². The van der Waals surface area contributed by atoms with Crippen molar-refractivity contribution < 1.29 is 9.90 Å². The first-order chi connectivity index (χ1) is 6.43. The van der Waals surface area contributed by atoms with E-state index in [2.05, 4.69) is 10.2 Å². The molecule has 1 unspecified atom stereocenters. The van der Waals surface area contributed by atoms with Gasteiger partial charge >= 0.3 is 5.97 Å². The molecule has 2 N–H and O–H groups in total. The van der Waals surface area contributed by atoms with E-state index in [1.165, 1.54) is 0 Å². The molecule has 82 valence electrons. The summed E-state index contributed by atoms with van der Waals surface area (Å²) in [5.74, 6) is -0.709. The third kappa shape index (κ3) is 2.69. The van der Waals surface area contributed by atoms with Crippen molar-refractivity contribution in [1.29, 1.82) is 0 Å². The predicted octanol–water partition coefficient (Wildman–Crippen LogP) is 0.391. The monoisotopic (exact) mass is 200 g/mol. The lowest BCUT2D eigenvalue weighted by molar-refractivity contribution is -0.148. The molecule has 1 fully saturated rings. The molecule has 0 aromatic heterocycles. The number of rotatable bonds is 2. The molecule has 4 nitrogen and oxygen atoms in total. The summed E-state index contributed by atoms with van der Waals surface area (Å²) in [6, 6.07) is -0.371. The summed E-state index contributed by atoms with van der Waals surface area (Å²) in [6.45, 7) is 9.37. The Morgan fingerprint density at radius 2 is 1.86 bits per heavy atom. The van der Waals surface area contributed by atoms with Crippen LogP contribution in [-0.4, -0.2) is 48.2 Å². The number of carbonyl (C=O) groups is 1. The molecule has 14 heavy (non-hydrogen) atoms. The molecular weight excluding hydrogens is 180 g/mol. The van der Waals surface area contributed by atoms with Gasteiger partial charge in [0.1, 0.15) is 6.04 Å². The zero-order valence-electron chi connectivity index (χ0n) is 9.21. The predicted molar refractivity (Wildman–Crippen MR) is 55.3 cm³/mol. The normalized spacial score (nSPS) is 21.9. The average molecular weight is 200 g/mol. The first-order valence-electron chi connectivity index (χ1n) is 5.10. The molecule has 0 saturated carbocycles. The molecule has 0 aliphatic carbocycles. The van der Waals surface area contributed by atoms with Crippen LogP contribution >= 0.6 is 0 Å². The first kappa shape index (κ1) is 11.5. The molecule has 0 spiro atoms. The van der Waals surface area contributed by atoms with E-state index in [0.717, 1.165) is 26.2 Å². The number of nitrogens with zero attached hydrogens (tertiary/aromatic N) is 1. The van der Waals surface area contributed by atoms with E-state index in [4.69, 9.17) is 0 Å². The number of piperazine rings is 1. The van der Waals surface area contributed by atoms with Gasteiger partial charge in [-0.25, -0.2) is 0 Å². The highest BCUT2D eigenvalue weighted by molar-refractivity contribution is 5.74. The summed E-state index contributed by atoms with van der Waals surface area (Å²) >= 11 is 0. The number of hydrogen-bond donors (Lipinski definition) is 2. The number of carboxylic acid groups (broad SMARTS) is 1. The summed E-state index contributed by atoms with van der Waals surface area (Å²) in [7, 11) is 0. The maximum Gasteiger partial charge on any atom is 0.321 e. The summed E-state index contributed by atoms with van der Waals surface area (Å²) < 4.78 is 0. The molecule has 0 aromatic carbocycles. The van der Waals surface area contributed by atoms with Gasteiger partial charge < -0.3 is 10.4 Å². The van der Waals surface area contributed by atoms with Crippen LogP contribution in [0.15, 0.2) is 0 Å². The van der Waals surface area contributed by atoms with E-state index < -0.39 is 5.97 Å². The highest BCUT2D eigenvalue weighted by atomic mass is 16.4. The molecule has 0 bridgehead atoms. The van der Waals surface area contributed by atoms with Crippen molar-refractivity contribution in [3.8, 4) is 0 Å². The van der Waals surface area contributed by atoms with Crippen LogP contribution in [0, 0.1) is 5.41 Å². The molecule has 0 radical (unpaired) electrons. The van der Waals surface area contributed by atoms with E-state index in [0.29, 0.717) is 0 Å². The van der Waals surface area contributed by atoms with Crippen LogP contribution < -0.4 is 5.32 Å². The van der Waals surface area contributed by atoms with Crippen LogP contribution in [0.5, 0.6) is 0 Å². The van der Waals surface area contributed by atoms with Crippen LogP contribution in [0.1, 0.15) is 20.8 Å². The van der Waals surface area contributed by atoms with Crippen LogP contribution in [0.2, 0.25) is 0 Å². The van der Waals surface area contributed by atoms with Gasteiger partial charge in [0.2, 0.25) is 0 Å². The molecule has 0 aromatic rings. The van der Waals surface area contributed by atoms with Crippen molar-refractivity contribution in [1.82, 2.24) is 10.2 Å². The molecule has 1 aliphatic rings. The second-order valence-electron chi connectivity index (χ2n) is 4.89. The average Bonchev–Trinajstić information content (AvgIpc) is 2.02. The van der Waals surface area contributed by atoms with Gasteiger partial charge in [-0.1, -0.05) is 20.8 Å². The van der Waals surface area contributed by atoms with Crippen molar-refractivity contribution in [3.05, 3.63) is 0 Å². The lowest BCUT2D eigenvalue weighted by atomic mass is 9.85. The maximum absolute atomic E-state index is 11.2. The molecular formula is C10H20N2O2. The zero-order chi connectivity index (χ0) is 10.8. The van der Waals surface area contributed by atoms with Gasteiger partial charge in [0.25, 0.3) is 0 Å². The fourth-order valence-electron chi connectivity index (χ4n) is 2.01. The third-order valence-corrected chi connectivity index (χ3v) is 2.57. The van der Waals surface area contributed by atoms with Crippen LogP contribution in [0.3, 0.4) is 0 Å². The van der Waals surface area contributed by atoms with E-state index in [1.54, 1.807) is 0 Å². The van der Waals surface area contributed by atoms with Crippen LogP contribution in [0.25, 0.3) is 0 Å². The largest absolute Gasteiger partial charge is 0.480 e. The Labute approximate surface area is 85.3 Å². The molecule has 0 amide bonds. The van der Waals surface area contributed by atoms with Gasteiger partial charge in [-0.2, -0.15) is 0 Å². The van der Waals surface area contributed by atoms with Crippen molar-refractivity contribution in [2.45, 2.75) is 26.8 Å². The van der Waals surface area contributed by atoms with E-state index in [9.17, 15) is 9.90 Å². The van der Waals surface area contributed by atoms with Crippen LogP contribution in [0.4, 0.5) is 0 Å². The number of aliphatic carboxylic acids is 1. The van der Waals surface area contributed by atoms with Gasteiger partial charge in [-0.15, -0.1) is 0 Å². The molecule has 1 aliphatic heterocycles. The quantitative estimate of drug-likeness (QED) is 0.677. The van der Waals surface area contributed by atoms with E-state index in [1.807, 2.05) is 20.8 Å². The summed E-state index contributed by atoms with van der Waals surface area (Å²) in [4.78, 5) is 13.2. The van der Waals surface area contributed by atoms with E-state index in [-0.39, 0.29) is 11.5 Å². The fraction of sp³-hybridized carbons (Fsp3) is 0.900. The molecule has 1 rings (SSSR count). The second-order valence-corrected chi connectivity index (χ2v) is 4.89. The Morgan fingerprint density at radius 1 is 1.36 bits per heavy atom. The highest BCUT2D eigenvalue weighted by Crippen LogP contribution is 2.24. The SMILES string of the molecule is CC(C)(C)C(C(=O)O)N1CCNCC1. The highest BCUT2D eigenvalue weighted by Gasteiger charge is 2.36. The molecule has 1 atom stereocenters. The standard InChI is InChI=1S/C10H20N2O2/c1-10(2,3)8(9(13)14)12-6-4-11-5-7-12/h8,11H,4-7H2,1-3H3,(H,13,14). The maximum atomic E-state index is 11.2. The van der Waals surface area contributed by atoms with Gasteiger partial charge in [-0.3, -0.25) is 9.69 Å². The number of nitrogens with one attached hydrogen (secondary N) is 1. The lowest BCUT2D eigenvalue weighted by Gasteiger charge is -2.39. The minimum absolute atomic E-state index is 0.205. The molecule has 4 heteroatoms. The summed E-state index contributed by atoms with van der Waals surface area (Å²) in [5.41, 5.74) is -0.205. The molecule has 1 heterocycles. The van der Waals surface area contributed by atoms with Gasteiger partial charge in [0.05, 0.1) is 0 Å². The van der Waals surface area contributed by atoms with Gasteiger partial charge in [0, 0.05) is 26.2 Å². The minimum atomic E-state index is -0.709.